The lowest BCUT2D eigenvalue weighted by Gasteiger charge is -2.33. The quantitative estimate of drug-likeness (QED) is 0.457. The van der Waals surface area contributed by atoms with Crippen LogP contribution >= 0.6 is 11.3 Å². The zero-order valence-electron chi connectivity index (χ0n) is 20.1. The summed E-state index contributed by atoms with van der Waals surface area (Å²) in [6, 6.07) is 11.2. The minimum absolute atomic E-state index is 0.374. The molecule has 34 heavy (non-hydrogen) atoms. The van der Waals surface area contributed by atoms with E-state index in [1.807, 2.05) is 45.0 Å². The number of rotatable bonds is 8. The first-order chi connectivity index (χ1) is 16.3. The molecule has 1 aliphatic rings. The lowest BCUT2D eigenvalue weighted by atomic mass is 10.1. The molecular formula is C25H31N3O4S2. The summed E-state index contributed by atoms with van der Waals surface area (Å²) in [4.78, 5) is 7.44. The van der Waals surface area contributed by atoms with Crippen LogP contribution in [-0.4, -0.2) is 62.5 Å². The van der Waals surface area contributed by atoms with Crippen molar-refractivity contribution in [2.45, 2.75) is 32.2 Å². The van der Waals surface area contributed by atoms with Crippen molar-refractivity contribution in [2.75, 3.05) is 39.9 Å². The van der Waals surface area contributed by atoms with Gasteiger partial charge in [0, 0.05) is 43.7 Å². The van der Waals surface area contributed by atoms with Crippen molar-refractivity contribution >= 4 is 21.4 Å². The fraction of sp³-hybridized carbons (Fsp3) is 0.400. The molecule has 0 atom stereocenters. The van der Waals surface area contributed by atoms with Gasteiger partial charge in [0.1, 0.15) is 5.01 Å². The average molecular weight is 502 g/mol. The molecule has 2 aromatic carbocycles. The molecule has 9 heteroatoms. The molecule has 0 spiro atoms. The lowest BCUT2D eigenvalue weighted by Crippen LogP contribution is -2.48. The van der Waals surface area contributed by atoms with Crippen molar-refractivity contribution in [3.05, 3.63) is 58.6 Å². The maximum absolute atomic E-state index is 13.1. The molecule has 1 fully saturated rings. The highest BCUT2D eigenvalue weighted by Gasteiger charge is 2.29. The van der Waals surface area contributed by atoms with Gasteiger partial charge in [-0.2, -0.15) is 4.31 Å². The largest absolute Gasteiger partial charge is 0.493 e. The second-order valence-electron chi connectivity index (χ2n) is 8.37. The first kappa shape index (κ1) is 24.7. The van der Waals surface area contributed by atoms with Crippen LogP contribution < -0.4 is 9.47 Å². The smallest absolute Gasteiger partial charge is 0.243 e. The number of nitrogens with zero attached hydrogens (tertiary/aromatic N) is 3. The third-order valence-electron chi connectivity index (χ3n) is 6.10. The topological polar surface area (TPSA) is 72.0 Å². The molecule has 1 saturated heterocycles. The number of methoxy groups -OCH3 is 1. The maximum atomic E-state index is 13.1. The van der Waals surface area contributed by atoms with E-state index in [-0.39, 0.29) is 0 Å². The third-order valence-corrected chi connectivity index (χ3v) is 8.93. The minimum atomic E-state index is -3.47. The SMILES string of the molecule is CCOc1ccc(-c2nc(CN3CCN(S(=O)(=O)c4ccc(C)c(C)c4)CC3)cs2)cc1OC. The Morgan fingerprint density at radius 3 is 2.44 bits per heavy atom. The minimum Gasteiger partial charge on any atom is -0.493 e. The summed E-state index contributed by atoms with van der Waals surface area (Å²) >= 11 is 1.59. The van der Waals surface area contributed by atoms with Crippen LogP contribution in [0.5, 0.6) is 11.5 Å². The number of hydrogen-bond acceptors (Lipinski definition) is 7. The Balaban J connectivity index is 1.38. The molecule has 0 aliphatic carbocycles. The lowest BCUT2D eigenvalue weighted by molar-refractivity contribution is 0.180. The van der Waals surface area contributed by atoms with Crippen molar-refractivity contribution < 1.29 is 17.9 Å². The fourth-order valence-electron chi connectivity index (χ4n) is 3.97. The molecule has 0 bridgehead atoms. The Hall–Kier alpha value is -2.46. The molecule has 0 saturated carbocycles. The number of benzene rings is 2. The van der Waals surface area contributed by atoms with Gasteiger partial charge in [-0.1, -0.05) is 6.07 Å². The number of ether oxygens (including phenoxy) is 2. The first-order valence-electron chi connectivity index (χ1n) is 11.4. The standard InChI is InChI=1S/C25H31N3O4S2/c1-5-32-23-9-7-20(15-24(23)31-4)25-26-21(17-33-25)16-27-10-12-28(13-11-27)34(29,30)22-8-6-18(2)19(3)14-22/h6-9,14-15,17H,5,10-13,16H2,1-4H3. The molecule has 0 radical (unpaired) electrons. The van der Waals surface area contributed by atoms with E-state index in [0.29, 0.717) is 50.0 Å². The molecule has 3 aromatic rings. The predicted molar refractivity (Wildman–Crippen MR) is 135 cm³/mol. The molecule has 1 aliphatic heterocycles. The van der Waals surface area contributed by atoms with Gasteiger partial charge < -0.3 is 9.47 Å². The van der Waals surface area contributed by atoms with Gasteiger partial charge in [-0.05, 0) is 62.2 Å². The summed E-state index contributed by atoms with van der Waals surface area (Å²) < 4.78 is 38.8. The van der Waals surface area contributed by atoms with Crippen LogP contribution in [0.25, 0.3) is 10.6 Å². The molecular weight excluding hydrogens is 470 g/mol. The number of aryl methyl sites for hydroxylation is 2. The van der Waals surface area contributed by atoms with Crippen molar-refractivity contribution in [3.8, 4) is 22.1 Å². The summed E-state index contributed by atoms with van der Waals surface area (Å²) in [5, 5.41) is 2.99. The molecule has 2 heterocycles. The first-order valence-corrected chi connectivity index (χ1v) is 13.7. The van der Waals surface area contributed by atoms with Crippen molar-refractivity contribution in [1.29, 1.82) is 0 Å². The number of sulfonamides is 1. The van der Waals surface area contributed by atoms with E-state index < -0.39 is 10.0 Å². The predicted octanol–water partition coefficient (Wildman–Crippen LogP) is 4.34. The zero-order chi connectivity index (χ0) is 24.3. The Kier molecular flexibility index (Phi) is 7.57. The van der Waals surface area contributed by atoms with Crippen molar-refractivity contribution in [3.63, 3.8) is 0 Å². The van der Waals surface area contributed by atoms with Gasteiger partial charge in [-0.25, -0.2) is 13.4 Å². The molecule has 4 rings (SSSR count). The van der Waals surface area contributed by atoms with Crippen LogP contribution in [0.2, 0.25) is 0 Å². The summed E-state index contributed by atoms with van der Waals surface area (Å²) in [5.74, 6) is 1.41. The molecule has 182 valence electrons. The van der Waals surface area contributed by atoms with E-state index in [1.54, 1.807) is 34.9 Å². The Morgan fingerprint density at radius 2 is 1.76 bits per heavy atom. The molecule has 0 unspecified atom stereocenters. The van der Waals surface area contributed by atoms with E-state index in [9.17, 15) is 8.42 Å². The van der Waals surface area contributed by atoms with Crippen LogP contribution in [0.3, 0.4) is 0 Å². The number of piperazine rings is 1. The Bertz CT molecular complexity index is 1250. The highest BCUT2D eigenvalue weighted by Crippen LogP contribution is 2.34. The Morgan fingerprint density at radius 1 is 1.00 bits per heavy atom. The molecule has 0 amide bonds. The van der Waals surface area contributed by atoms with Gasteiger partial charge in [0.25, 0.3) is 0 Å². The zero-order valence-corrected chi connectivity index (χ0v) is 21.7. The van der Waals surface area contributed by atoms with Gasteiger partial charge in [0.05, 0.1) is 24.3 Å². The van der Waals surface area contributed by atoms with Gasteiger partial charge in [0.2, 0.25) is 10.0 Å². The maximum Gasteiger partial charge on any atom is 0.243 e. The normalized spacial score (nSPS) is 15.4. The summed E-state index contributed by atoms with van der Waals surface area (Å²) in [7, 11) is -1.84. The van der Waals surface area contributed by atoms with Crippen molar-refractivity contribution in [2.24, 2.45) is 0 Å². The second-order valence-corrected chi connectivity index (χ2v) is 11.2. The summed E-state index contributed by atoms with van der Waals surface area (Å²) in [5.41, 5.74) is 4.05. The van der Waals surface area contributed by atoms with Gasteiger partial charge in [-0.15, -0.1) is 11.3 Å². The van der Waals surface area contributed by atoms with E-state index in [0.717, 1.165) is 33.1 Å². The van der Waals surface area contributed by atoms with Crippen LogP contribution in [0.1, 0.15) is 23.7 Å². The number of aromatic nitrogens is 1. The van der Waals surface area contributed by atoms with E-state index in [1.165, 1.54) is 0 Å². The van der Waals surface area contributed by atoms with Gasteiger partial charge in [-0.3, -0.25) is 4.90 Å². The van der Waals surface area contributed by atoms with Gasteiger partial charge in [0.15, 0.2) is 11.5 Å². The van der Waals surface area contributed by atoms with Crippen LogP contribution in [-0.2, 0) is 16.6 Å². The molecule has 0 N–H and O–H groups in total. The highest BCUT2D eigenvalue weighted by molar-refractivity contribution is 7.89. The van der Waals surface area contributed by atoms with Crippen LogP contribution in [0, 0.1) is 13.8 Å². The fourth-order valence-corrected chi connectivity index (χ4v) is 6.28. The third kappa shape index (κ3) is 5.27. The van der Waals surface area contributed by atoms with E-state index in [4.69, 9.17) is 14.5 Å². The van der Waals surface area contributed by atoms with Crippen LogP contribution in [0.15, 0.2) is 46.7 Å². The second kappa shape index (κ2) is 10.4. The van der Waals surface area contributed by atoms with E-state index >= 15 is 0 Å². The summed E-state index contributed by atoms with van der Waals surface area (Å²) in [6.45, 7) is 9.45. The van der Waals surface area contributed by atoms with Crippen LogP contribution in [0.4, 0.5) is 0 Å². The van der Waals surface area contributed by atoms with Gasteiger partial charge >= 0.3 is 0 Å². The van der Waals surface area contributed by atoms with Crippen molar-refractivity contribution in [1.82, 2.24) is 14.2 Å². The number of hydrogen-bond donors (Lipinski definition) is 0. The number of thiazole rings is 1. The monoisotopic (exact) mass is 501 g/mol. The molecule has 7 nitrogen and oxygen atoms in total. The molecule has 1 aromatic heterocycles. The summed E-state index contributed by atoms with van der Waals surface area (Å²) in [6.07, 6.45) is 0. The highest BCUT2D eigenvalue weighted by atomic mass is 32.2. The average Bonchev–Trinajstić information content (AvgIpc) is 3.30. The Labute approximate surface area is 206 Å². The van der Waals surface area contributed by atoms with E-state index in [2.05, 4.69) is 10.3 Å².